The van der Waals surface area contributed by atoms with E-state index in [0.717, 1.165) is 11.1 Å². The Morgan fingerprint density at radius 1 is 1.10 bits per heavy atom. The van der Waals surface area contributed by atoms with Gasteiger partial charge in [-0.15, -0.1) is 0 Å². The number of anilines is 2. The van der Waals surface area contributed by atoms with Crippen LogP contribution in [0.4, 0.5) is 22.0 Å². The van der Waals surface area contributed by atoms with E-state index in [1.165, 1.54) is 12.1 Å². The fraction of sp³-hybridized carbons (Fsp3) is 0.0476. The number of aromatic amines is 1. The Labute approximate surface area is 181 Å². The third kappa shape index (κ3) is 4.90. The number of carbonyl (C=O) groups is 1. The van der Waals surface area contributed by atoms with Crippen molar-refractivity contribution in [1.29, 1.82) is 0 Å². The molecular weight excluding hydrogens is 422 g/mol. The number of nitrogens with zero attached hydrogens (tertiary/aromatic N) is 2. The Morgan fingerprint density at radius 2 is 1.90 bits per heavy atom. The number of fused-ring (bicyclic) bond motifs is 1. The molecule has 4 rings (SSSR count). The monoisotopic (exact) mass is 437 g/mol. The minimum atomic E-state index is -0.465. The molecule has 0 atom stereocenters. The molecule has 0 unspecified atom stereocenters. The molecule has 10 heteroatoms. The summed E-state index contributed by atoms with van der Waals surface area (Å²) in [6, 6.07) is 17.8. The van der Waals surface area contributed by atoms with Gasteiger partial charge in [0.25, 0.3) is 5.69 Å². The molecular formula is C21H16ClN5O4. The summed E-state index contributed by atoms with van der Waals surface area (Å²) < 4.78 is 5.78. The third-order valence-electron chi connectivity index (χ3n) is 4.40. The van der Waals surface area contributed by atoms with Gasteiger partial charge < -0.3 is 10.1 Å². The highest BCUT2D eigenvalue weighted by atomic mass is 35.5. The van der Waals surface area contributed by atoms with E-state index < -0.39 is 11.0 Å². The van der Waals surface area contributed by atoms with Crippen molar-refractivity contribution in [2.45, 2.75) is 6.61 Å². The normalized spacial score (nSPS) is 10.6. The maximum Gasteiger partial charge on any atom is 0.324 e. The van der Waals surface area contributed by atoms with Crippen LogP contribution in [0.5, 0.6) is 5.75 Å². The molecule has 0 fully saturated rings. The van der Waals surface area contributed by atoms with Crippen molar-refractivity contribution in [3.05, 3.63) is 87.4 Å². The Balaban J connectivity index is 1.44. The molecule has 31 heavy (non-hydrogen) atoms. The van der Waals surface area contributed by atoms with Gasteiger partial charge in [-0.1, -0.05) is 17.7 Å². The molecule has 0 aliphatic rings. The van der Waals surface area contributed by atoms with Crippen molar-refractivity contribution < 1.29 is 14.5 Å². The maximum absolute atomic E-state index is 12.3. The van der Waals surface area contributed by atoms with Crippen LogP contribution in [0.15, 0.2) is 66.7 Å². The van der Waals surface area contributed by atoms with Crippen molar-refractivity contribution in [3.63, 3.8) is 0 Å². The molecule has 1 heterocycles. The van der Waals surface area contributed by atoms with Crippen molar-refractivity contribution in [2.24, 2.45) is 0 Å². The number of hydrogen-bond donors (Lipinski definition) is 3. The summed E-state index contributed by atoms with van der Waals surface area (Å²) in [7, 11) is 0. The van der Waals surface area contributed by atoms with Crippen molar-refractivity contribution in [1.82, 2.24) is 10.2 Å². The number of carbonyl (C=O) groups excluding carboxylic acids is 1. The molecule has 2 amide bonds. The number of non-ortho nitro benzene ring substituents is 1. The summed E-state index contributed by atoms with van der Waals surface area (Å²) in [6.07, 6.45) is 0. The largest absolute Gasteiger partial charge is 0.489 e. The summed E-state index contributed by atoms with van der Waals surface area (Å²) >= 11 is 5.93. The first kappa shape index (κ1) is 20.2. The molecule has 1 aromatic heterocycles. The van der Waals surface area contributed by atoms with Gasteiger partial charge >= 0.3 is 6.03 Å². The molecule has 3 N–H and O–H groups in total. The number of nitro benzene ring substituents is 1. The van der Waals surface area contributed by atoms with Crippen LogP contribution in [0.25, 0.3) is 10.9 Å². The number of amides is 2. The van der Waals surface area contributed by atoms with Gasteiger partial charge in [-0.3, -0.25) is 20.5 Å². The van der Waals surface area contributed by atoms with Crippen LogP contribution in [0.1, 0.15) is 5.56 Å². The first-order valence-electron chi connectivity index (χ1n) is 9.16. The molecule has 0 bridgehead atoms. The van der Waals surface area contributed by atoms with Gasteiger partial charge in [0, 0.05) is 28.2 Å². The average Bonchev–Trinajstić information content (AvgIpc) is 3.14. The molecule has 0 aliphatic carbocycles. The van der Waals surface area contributed by atoms with E-state index >= 15 is 0 Å². The van der Waals surface area contributed by atoms with Crippen molar-refractivity contribution in [3.8, 4) is 5.75 Å². The lowest BCUT2D eigenvalue weighted by Gasteiger charge is -2.08. The number of rotatable bonds is 6. The number of benzene rings is 3. The molecule has 0 saturated heterocycles. The van der Waals surface area contributed by atoms with Gasteiger partial charge in [0.2, 0.25) is 0 Å². The Morgan fingerprint density at radius 3 is 2.65 bits per heavy atom. The number of halogens is 1. The summed E-state index contributed by atoms with van der Waals surface area (Å²) in [4.78, 5) is 22.6. The predicted molar refractivity (Wildman–Crippen MR) is 118 cm³/mol. The summed E-state index contributed by atoms with van der Waals surface area (Å²) in [6.45, 7) is 0.235. The molecule has 0 spiro atoms. The molecule has 0 radical (unpaired) electrons. The second-order valence-electron chi connectivity index (χ2n) is 6.58. The predicted octanol–water partition coefficient (Wildman–Crippen LogP) is 5.35. The van der Waals surface area contributed by atoms with Gasteiger partial charge in [-0.05, 0) is 54.1 Å². The fourth-order valence-corrected chi connectivity index (χ4v) is 3.09. The maximum atomic E-state index is 12.3. The molecule has 0 saturated carbocycles. The Hall–Kier alpha value is -4.11. The van der Waals surface area contributed by atoms with Crippen LogP contribution in [0.3, 0.4) is 0 Å². The first-order chi connectivity index (χ1) is 15.0. The summed E-state index contributed by atoms with van der Waals surface area (Å²) in [5.74, 6) is 0.904. The van der Waals surface area contributed by atoms with Crippen molar-refractivity contribution >= 4 is 45.7 Å². The Kier molecular flexibility index (Phi) is 5.67. The second-order valence-corrected chi connectivity index (χ2v) is 7.02. The first-order valence-corrected chi connectivity index (χ1v) is 9.53. The van der Waals surface area contributed by atoms with E-state index in [9.17, 15) is 14.9 Å². The summed E-state index contributed by atoms with van der Waals surface area (Å²) in [5.41, 5.74) is 2.09. The molecule has 9 nitrogen and oxygen atoms in total. The van der Waals surface area contributed by atoms with E-state index in [0.29, 0.717) is 27.7 Å². The number of ether oxygens (including phenoxy) is 1. The van der Waals surface area contributed by atoms with Crippen LogP contribution in [0, 0.1) is 10.1 Å². The van der Waals surface area contributed by atoms with Gasteiger partial charge in [0.1, 0.15) is 12.4 Å². The number of nitrogens with one attached hydrogen (secondary N) is 3. The quantitative estimate of drug-likeness (QED) is 0.277. The fourth-order valence-electron chi connectivity index (χ4n) is 2.89. The number of hydrogen-bond acceptors (Lipinski definition) is 5. The zero-order valence-electron chi connectivity index (χ0n) is 16.0. The lowest BCUT2D eigenvalue weighted by molar-refractivity contribution is -0.384. The highest BCUT2D eigenvalue weighted by Gasteiger charge is 2.11. The lowest BCUT2D eigenvalue weighted by atomic mass is 10.2. The number of H-pyrrole nitrogens is 1. The molecule has 156 valence electrons. The number of aromatic nitrogens is 2. The van der Waals surface area contributed by atoms with E-state index in [4.69, 9.17) is 16.3 Å². The van der Waals surface area contributed by atoms with Crippen LogP contribution >= 0.6 is 11.6 Å². The van der Waals surface area contributed by atoms with E-state index in [1.807, 2.05) is 0 Å². The van der Waals surface area contributed by atoms with Crippen molar-refractivity contribution in [2.75, 3.05) is 10.6 Å². The molecule has 0 aliphatic heterocycles. The van der Waals surface area contributed by atoms with Gasteiger partial charge in [-0.2, -0.15) is 5.10 Å². The minimum absolute atomic E-state index is 0.0235. The van der Waals surface area contributed by atoms with Crippen LogP contribution in [-0.4, -0.2) is 21.2 Å². The Bertz CT molecular complexity index is 1260. The van der Waals surface area contributed by atoms with Gasteiger partial charge in [0.15, 0.2) is 5.82 Å². The average molecular weight is 438 g/mol. The minimum Gasteiger partial charge on any atom is -0.489 e. The highest BCUT2D eigenvalue weighted by molar-refractivity contribution is 6.30. The standard InChI is InChI=1S/C21H16ClN5O4/c22-14-2-1-3-15(10-14)23-21(28)24-20-18-11-17(8-9-19(18)25-26-20)31-12-13-4-6-16(7-5-13)27(29)30/h1-11H,12H2,(H3,23,24,25,26,28). The van der Waals surface area contributed by atoms with Gasteiger partial charge in [0.05, 0.1) is 10.4 Å². The van der Waals surface area contributed by atoms with E-state index in [-0.39, 0.29) is 12.3 Å². The second kappa shape index (κ2) is 8.72. The SMILES string of the molecule is O=C(Nc1cccc(Cl)c1)Nc1n[nH]c2ccc(OCc3ccc([N+](=O)[O-])cc3)cc12. The highest BCUT2D eigenvalue weighted by Crippen LogP contribution is 2.26. The molecule has 4 aromatic rings. The van der Waals surface area contributed by atoms with Crippen LogP contribution in [0.2, 0.25) is 5.02 Å². The summed E-state index contributed by atoms with van der Waals surface area (Å²) in [5, 5.41) is 24.3. The van der Waals surface area contributed by atoms with E-state index in [2.05, 4.69) is 20.8 Å². The smallest absolute Gasteiger partial charge is 0.324 e. The lowest BCUT2D eigenvalue weighted by Crippen LogP contribution is -2.19. The van der Waals surface area contributed by atoms with Gasteiger partial charge in [-0.25, -0.2) is 4.79 Å². The zero-order chi connectivity index (χ0) is 21.8. The molecule has 3 aromatic carbocycles. The van der Waals surface area contributed by atoms with Crippen LogP contribution in [-0.2, 0) is 6.61 Å². The zero-order valence-corrected chi connectivity index (χ0v) is 16.7. The van der Waals surface area contributed by atoms with E-state index in [1.54, 1.807) is 54.6 Å². The topological polar surface area (TPSA) is 122 Å². The third-order valence-corrected chi connectivity index (χ3v) is 4.64. The van der Waals surface area contributed by atoms with Crippen LogP contribution < -0.4 is 15.4 Å². The number of nitro groups is 1. The number of urea groups is 1.